The molecule has 0 bridgehead atoms. The summed E-state index contributed by atoms with van der Waals surface area (Å²) in [6, 6.07) is 4.83. The summed E-state index contributed by atoms with van der Waals surface area (Å²) in [6.07, 6.45) is 3.97. The average Bonchev–Trinajstić information content (AvgIpc) is 2.72. The van der Waals surface area contributed by atoms with Gasteiger partial charge in [0.2, 0.25) is 5.91 Å². The number of carbonyl (C=O) groups is 1. The van der Waals surface area contributed by atoms with Gasteiger partial charge in [0.25, 0.3) is 0 Å². The molecule has 2 aliphatic heterocycles. The van der Waals surface area contributed by atoms with E-state index in [-0.39, 0.29) is 11.8 Å². The van der Waals surface area contributed by atoms with Crippen LogP contribution in [-0.2, 0) is 16.1 Å². The van der Waals surface area contributed by atoms with E-state index in [2.05, 4.69) is 15.1 Å². The quantitative estimate of drug-likeness (QED) is 0.720. The van der Waals surface area contributed by atoms with Gasteiger partial charge in [0, 0.05) is 38.3 Å². The van der Waals surface area contributed by atoms with E-state index >= 15 is 0 Å². The number of rotatable bonds is 7. The van der Waals surface area contributed by atoms with E-state index in [1.54, 1.807) is 19.2 Å². The van der Waals surface area contributed by atoms with Gasteiger partial charge in [-0.15, -0.1) is 0 Å². The number of nitrogens with one attached hydrogen (secondary N) is 1. The van der Waals surface area contributed by atoms with E-state index < -0.39 is 11.6 Å². The molecule has 0 saturated carbocycles. The van der Waals surface area contributed by atoms with Crippen LogP contribution in [0.1, 0.15) is 31.2 Å². The zero-order valence-electron chi connectivity index (χ0n) is 16.6. The van der Waals surface area contributed by atoms with E-state index in [1.165, 1.54) is 0 Å². The predicted octanol–water partition coefficient (Wildman–Crippen LogP) is 2.40. The van der Waals surface area contributed by atoms with Crippen molar-refractivity contribution in [1.82, 2.24) is 15.1 Å². The van der Waals surface area contributed by atoms with Crippen molar-refractivity contribution in [2.24, 2.45) is 5.92 Å². The second-order valence-corrected chi connectivity index (χ2v) is 7.84. The Labute approximate surface area is 166 Å². The Morgan fingerprint density at radius 1 is 1.21 bits per heavy atom. The van der Waals surface area contributed by atoms with Gasteiger partial charge in [0.1, 0.15) is 0 Å². The van der Waals surface area contributed by atoms with Crippen LogP contribution in [0.2, 0.25) is 0 Å². The zero-order chi connectivity index (χ0) is 19.9. The molecule has 2 heterocycles. The maximum atomic E-state index is 13.9. The van der Waals surface area contributed by atoms with Crippen molar-refractivity contribution in [3.8, 4) is 0 Å². The van der Waals surface area contributed by atoms with Crippen LogP contribution in [0, 0.1) is 17.6 Å². The highest BCUT2D eigenvalue weighted by Crippen LogP contribution is 2.25. The molecule has 1 aromatic rings. The fourth-order valence-electron chi connectivity index (χ4n) is 4.33. The van der Waals surface area contributed by atoms with Crippen LogP contribution in [0.3, 0.4) is 0 Å². The molecule has 0 spiro atoms. The van der Waals surface area contributed by atoms with E-state index in [0.29, 0.717) is 31.3 Å². The molecule has 0 radical (unpaired) electrons. The number of carbonyl (C=O) groups excluding carboxylic acids is 1. The third-order valence-electron chi connectivity index (χ3n) is 5.93. The summed E-state index contributed by atoms with van der Waals surface area (Å²) < 4.78 is 32.3. The summed E-state index contributed by atoms with van der Waals surface area (Å²) in [5, 5.41) is 2.96. The molecule has 1 unspecified atom stereocenters. The molecule has 5 nitrogen and oxygen atoms in total. The number of piperidine rings is 2. The molecule has 3 rings (SSSR count). The summed E-state index contributed by atoms with van der Waals surface area (Å²) in [7, 11) is 1.63. The van der Waals surface area contributed by atoms with Gasteiger partial charge in [-0.2, -0.15) is 0 Å². The third-order valence-corrected chi connectivity index (χ3v) is 5.93. The van der Waals surface area contributed by atoms with Crippen LogP contribution in [0.15, 0.2) is 18.2 Å². The molecule has 156 valence electrons. The fraction of sp³-hybridized carbons (Fsp3) is 0.667. The standard InChI is InChI=1S/C21H31F2N3O2/c1-28-13-9-24-21(27)17-5-3-10-26(15-17)18-7-11-25(12-8-18)14-16-4-2-6-19(22)20(16)23/h2,4,6,17-18H,3,5,7-15H2,1H3,(H,24,27). The fourth-order valence-corrected chi connectivity index (χ4v) is 4.33. The average molecular weight is 395 g/mol. The van der Waals surface area contributed by atoms with Crippen LogP contribution in [0.4, 0.5) is 8.78 Å². The molecule has 1 N–H and O–H groups in total. The Bertz CT molecular complexity index is 651. The first kappa shape index (κ1) is 21.1. The Morgan fingerprint density at radius 2 is 2.00 bits per heavy atom. The molecule has 1 atom stereocenters. The summed E-state index contributed by atoms with van der Waals surface area (Å²) >= 11 is 0. The minimum Gasteiger partial charge on any atom is -0.383 e. The van der Waals surface area contributed by atoms with Crippen molar-refractivity contribution < 1.29 is 18.3 Å². The number of hydrogen-bond acceptors (Lipinski definition) is 4. The van der Waals surface area contributed by atoms with Crippen LogP contribution < -0.4 is 5.32 Å². The number of likely N-dealkylation sites (tertiary alicyclic amines) is 2. The third kappa shape index (κ3) is 5.49. The van der Waals surface area contributed by atoms with Crippen LogP contribution in [0.5, 0.6) is 0 Å². The molecule has 28 heavy (non-hydrogen) atoms. The summed E-state index contributed by atoms with van der Waals surface area (Å²) in [6.45, 7) is 5.10. The normalized spacial score (nSPS) is 22.3. The highest BCUT2D eigenvalue weighted by molar-refractivity contribution is 5.78. The predicted molar refractivity (Wildman–Crippen MR) is 104 cm³/mol. The molecule has 0 aromatic heterocycles. The largest absolute Gasteiger partial charge is 0.383 e. The lowest BCUT2D eigenvalue weighted by Gasteiger charge is -2.42. The van der Waals surface area contributed by atoms with Crippen LogP contribution in [-0.4, -0.2) is 68.2 Å². The highest BCUT2D eigenvalue weighted by Gasteiger charge is 2.31. The van der Waals surface area contributed by atoms with E-state index in [1.807, 2.05) is 0 Å². The molecule has 0 aliphatic carbocycles. The number of nitrogens with zero attached hydrogens (tertiary/aromatic N) is 2. The Hall–Kier alpha value is -1.57. The molecule has 2 saturated heterocycles. The number of amides is 1. The van der Waals surface area contributed by atoms with Crippen molar-refractivity contribution >= 4 is 5.91 Å². The maximum absolute atomic E-state index is 13.9. The van der Waals surface area contributed by atoms with Gasteiger partial charge in [0.15, 0.2) is 11.6 Å². The van der Waals surface area contributed by atoms with Gasteiger partial charge in [-0.25, -0.2) is 8.78 Å². The number of hydrogen-bond donors (Lipinski definition) is 1. The first-order valence-electron chi connectivity index (χ1n) is 10.2. The molecule has 2 aliphatic rings. The van der Waals surface area contributed by atoms with E-state index in [9.17, 15) is 13.6 Å². The first-order valence-corrected chi connectivity index (χ1v) is 10.2. The lowest BCUT2D eigenvalue weighted by molar-refractivity contribution is -0.127. The number of methoxy groups -OCH3 is 1. The van der Waals surface area contributed by atoms with Gasteiger partial charge in [0.05, 0.1) is 12.5 Å². The molecule has 7 heteroatoms. The summed E-state index contributed by atoms with van der Waals surface area (Å²) in [5.41, 5.74) is 0.421. The second-order valence-electron chi connectivity index (χ2n) is 7.84. The van der Waals surface area contributed by atoms with Crippen LogP contribution in [0.25, 0.3) is 0 Å². The smallest absolute Gasteiger partial charge is 0.224 e. The Morgan fingerprint density at radius 3 is 2.75 bits per heavy atom. The van der Waals surface area contributed by atoms with Gasteiger partial charge in [-0.1, -0.05) is 12.1 Å². The number of benzene rings is 1. The first-order chi connectivity index (χ1) is 13.6. The van der Waals surface area contributed by atoms with Gasteiger partial charge in [-0.05, 0) is 51.4 Å². The second kappa shape index (κ2) is 10.3. The van der Waals surface area contributed by atoms with E-state index in [0.717, 1.165) is 57.9 Å². The van der Waals surface area contributed by atoms with Crippen molar-refractivity contribution in [1.29, 1.82) is 0 Å². The van der Waals surface area contributed by atoms with Crippen molar-refractivity contribution in [2.45, 2.75) is 38.3 Å². The summed E-state index contributed by atoms with van der Waals surface area (Å²) in [4.78, 5) is 17.0. The van der Waals surface area contributed by atoms with Crippen molar-refractivity contribution in [2.75, 3.05) is 46.4 Å². The SMILES string of the molecule is COCCNC(=O)C1CCCN(C2CCN(Cc3cccc(F)c3F)CC2)C1. The van der Waals surface area contributed by atoms with Gasteiger partial charge >= 0.3 is 0 Å². The lowest BCUT2D eigenvalue weighted by atomic mass is 9.93. The van der Waals surface area contributed by atoms with Gasteiger partial charge < -0.3 is 10.1 Å². The topological polar surface area (TPSA) is 44.8 Å². The maximum Gasteiger partial charge on any atom is 0.224 e. The molecule has 1 aromatic carbocycles. The van der Waals surface area contributed by atoms with Gasteiger partial charge in [-0.3, -0.25) is 14.6 Å². The summed E-state index contributed by atoms with van der Waals surface area (Å²) in [5.74, 6) is -1.34. The number of halogens is 2. The van der Waals surface area contributed by atoms with Crippen molar-refractivity contribution in [3.63, 3.8) is 0 Å². The lowest BCUT2D eigenvalue weighted by Crippen LogP contribution is -2.50. The minimum absolute atomic E-state index is 0.0463. The highest BCUT2D eigenvalue weighted by atomic mass is 19.2. The molecular weight excluding hydrogens is 364 g/mol. The molecular formula is C21H31F2N3O2. The Kier molecular flexibility index (Phi) is 7.76. The Balaban J connectivity index is 1.46. The zero-order valence-corrected chi connectivity index (χ0v) is 16.6. The minimum atomic E-state index is -0.782. The van der Waals surface area contributed by atoms with Crippen molar-refractivity contribution in [3.05, 3.63) is 35.4 Å². The molecule has 1 amide bonds. The molecule has 2 fully saturated rings. The number of ether oxygens (including phenoxy) is 1. The van der Waals surface area contributed by atoms with Crippen LogP contribution >= 0.6 is 0 Å². The van der Waals surface area contributed by atoms with E-state index in [4.69, 9.17) is 4.74 Å². The monoisotopic (exact) mass is 395 g/mol.